The van der Waals surface area contributed by atoms with Gasteiger partial charge in [-0.3, -0.25) is 4.79 Å². The Balaban J connectivity index is 1.57. The number of nitrogens with zero attached hydrogens (tertiary/aromatic N) is 1. The lowest BCUT2D eigenvalue weighted by Gasteiger charge is -2.21. The molecule has 3 rings (SSSR count). The van der Waals surface area contributed by atoms with Gasteiger partial charge in [-0.2, -0.15) is 4.37 Å². The molecule has 5 heteroatoms. The van der Waals surface area contributed by atoms with E-state index in [9.17, 15) is 4.79 Å². The Morgan fingerprint density at radius 2 is 2.18 bits per heavy atom. The Hall–Kier alpha value is -1.72. The van der Waals surface area contributed by atoms with E-state index >= 15 is 0 Å². The molecule has 1 aliphatic rings. The van der Waals surface area contributed by atoms with Gasteiger partial charge < -0.3 is 10.1 Å². The third-order valence-corrected chi connectivity index (χ3v) is 4.79. The molecule has 1 aromatic carbocycles. The Kier molecular flexibility index (Phi) is 4.85. The molecule has 0 bridgehead atoms. The van der Waals surface area contributed by atoms with Gasteiger partial charge in [-0.15, -0.1) is 0 Å². The molecule has 2 atom stereocenters. The average molecular weight is 316 g/mol. The van der Waals surface area contributed by atoms with Gasteiger partial charge in [0, 0.05) is 5.38 Å². The lowest BCUT2D eigenvalue weighted by molar-refractivity contribution is 0.0272. The largest absolute Gasteiger partial charge is 0.371 e. The van der Waals surface area contributed by atoms with Crippen LogP contribution in [0.15, 0.2) is 35.7 Å². The minimum absolute atomic E-state index is 0.0357. The molecule has 1 N–H and O–H groups in total. The van der Waals surface area contributed by atoms with Gasteiger partial charge in [-0.05, 0) is 43.3 Å². The number of carbonyl (C=O) groups is 1. The maximum Gasteiger partial charge on any atom is 0.254 e. The van der Waals surface area contributed by atoms with Crippen LogP contribution in [0.4, 0.5) is 0 Å². The van der Waals surface area contributed by atoms with Crippen molar-refractivity contribution in [3.05, 3.63) is 52.5 Å². The minimum atomic E-state index is -0.0357. The molecular formula is C17H20N2O2S. The number of aromatic nitrogens is 1. The summed E-state index contributed by atoms with van der Waals surface area (Å²) in [4.78, 5) is 12.3. The monoisotopic (exact) mass is 316 g/mol. The fourth-order valence-corrected chi connectivity index (χ4v) is 3.52. The van der Waals surface area contributed by atoms with Crippen molar-refractivity contribution in [1.82, 2.24) is 9.69 Å². The van der Waals surface area contributed by atoms with Crippen LogP contribution in [-0.4, -0.2) is 22.4 Å². The van der Waals surface area contributed by atoms with Crippen molar-refractivity contribution < 1.29 is 9.53 Å². The second-order valence-corrected chi connectivity index (χ2v) is 6.29. The van der Waals surface area contributed by atoms with E-state index in [2.05, 4.69) is 21.8 Å². The third kappa shape index (κ3) is 3.54. The molecular weight excluding hydrogens is 296 g/mol. The van der Waals surface area contributed by atoms with Crippen LogP contribution in [0, 0.1) is 6.92 Å². The zero-order chi connectivity index (χ0) is 15.4. The summed E-state index contributed by atoms with van der Waals surface area (Å²) in [5, 5.41) is 4.92. The van der Waals surface area contributed by atoms with E-state index in [-0.39, 0.29) is 18.1 Å². The second kappa shape index (κ2) is 7.03. The number of hydrogen-bond donors (Lipinski definition) is 1. The summed E-state index contributed by atoms with van der Waals surface area (Å²) < 4.78 is 10.2. The van der Waals surface area contributed by atoms with Gasteiger partial charge in [0.1, 0.15) is 0 Å². The van der Waals surface area contributed by atoms with Crippen LogP contribution in [0.2, 0.25) is 0 Å². The quantitative estimate of drug-likeness (QED) is 0.920. The van der Waals surface area contributed by atoms with Crippen molar-refractivity contribution in [2.24, 2.45) is 0 Å². The van der Waals surface area contributed by atoms with E-state index in [1.807, 2.05) is 25.1 Å². The van der Waals surface area contributed by atoms with Crippen LogP contribution in [0.5, 0.6) is 0 Å². The fourth-order valence-electron chi connectivity index (χ4n) is 2.82. The van der Waals surface area contributed by atoms with Crippen LogP contribution >= 0.6 is 11.5 Å². The smallest absolute Gasteiger partial charge is 0.254 e. The number of benzene rings is 1. The van der Waals surface area contributed by atoms with E-state index in [0.717, 1.165) is 30.5 Å². The topological polar surface area (TPSA) is 51.2 Å². The molecule has 0 spiro atoms. The minimum Gasteiger partial charge on any atom is -0.371 e. The second-order valence-electron chi connectivity index (χ2n) is 5.66. The summed E-state index contributed by atoms with van der Waals surface area (Å²) in [6.45, 7) is 2.46. The molecule has 0 radical (unpaired) electrons. The first-order valence-electron chi connectivity index (χ1n) is 7.61. The molecule has 22 heavy (non-hydrogen) atoms. The van der Waals surface area contributed by atoms with Gasteiger partial charge in [0.25, 0.3) is 5.91 Å². The molecule has 1 heterocycles. The zero-order valence-electron chi connectivity index (χ0n) is 12.6. The van der Waals surface area contributed by atoms with E-state index in [0.29, 0.717) is 12.2 Å². The third-order valence-electron chi connectivity index (χ3n) is 4.07. The number of rotatable bonds is 5. The summed E-state index contributed by atoms with van der Waals surface area (Å²) in [6.07, 6.45) is 3.15. The standard InChI is InChI=1S/C17H20N2O2S/c1-12-14(11-22-19-12)17(20)18-15-8-5-9-16(15)21-10-13-6-3-2-4-7-13/h2-4,6-7,11,15-16H,5,8-10H2,1H3,(H,18,20)/t15-,16+/m0/s1. The van der Waals surface area contributed by atoms with Crippen LogP contribution in [0.1, 0.15) is 40.9 Å². The SMILES string of the molecule is Cc1nscc1C(=O)N[C@H]1CCC[C@H]1OCc1ccccc1. The molecule has 1 saturated carbocycles. The molecule has 116 valence electrons. The van der Waals surface area contributed by atoms with Gasteiger partial charge in [0.05, 0.1) is 30.0 Å². The number of amides is 1. The maximum atomic E-state index is 12.3. The highest BCUT2D eigenvalue weighted by Crippen LogP contribution is 2.24. The summed E-state index contributed by atoms with van der Waals surface area (Å²) in [6, 6.07) is 10.2. The molecule has 0 saturated heterocycles. The number of carbonyl (C=O) groups excluding carboxylic acids is 1. The molecule has 2 aromatic rings. The normalized spacial score (nSPS) is 21.0. The molecule has 1 fully saturated rings. The van der Waals surface area contributed by atoms with Gasteiger partial charge in [-0.1, -0.05) is 30.3 Å². The van der Waals surface area contributed by atoms with Gasteiger partial charge in [0.15, 0.2) is 0 Å². The molecule has 1 aliphatic carbocycles. The van der Waals surface area contributed by atoms with Gasteiger partial charge in [-0.25, -0.2) is 0 Å². The summed E-state index contributed by atoms with van der Waals surface area (Å²) >= 11 is 1.32. The van der Waals surface area contributed by atoms with Crippen molar-refractivity contribution in [3.63, 3.8) is 0 Å². The van der Waals surface area contributed by atoms with Crippen LogP contribution in [0.25, 0.3) is 0 Å². The number of hydrogen-bond acceptors (Lipinski definition) is 4. The van der Waals surface area contributed by atoms with E-state index < -0.39 is 0 Å². The first-order valence-corrected chi connectivity index (χ1v) is 8.45. The maximum absolute atomic E-state index is 12.3. The summed E-state index contributed by atoms with van der Waals surface area (Å²) in [7, 11) is 0. The Bertz CT molecular complexity index is 627. The highest BCUT2D eigenvalue weighted by atomic mass is 32.1. The number of nitrogens with one attached hydrogen (secondary N) is 1. The van der Waals surface area contributed by atoms with Crippen molar-refractivity contribution in [2.75, 3.05) is 0 Å². The molecule has 0 aliphatic heterocycles. The molecule has 0 unspecified atom stereocenters. The Morgan fingerprint density at radius 1 is 1.36 bits per heavy atom. The van der Waals surface area contributed by atoms with Crippen molar-refractivity contribution in [2.45, 2.75) is 44.9 Å². The zero-order valence-corrected chi connectivity index (χ0v) is 13.4. The van der Waals surface area contributed by atoms with Gasteiger partial charge in [0.2, 0.25) is 0 Å². The van der Waals surface area contributed by atoms with Crippen LogP contribution < -0.4 is 5.32 Å². The van der Waals surface area contributed by atoms with E-state index in [1.54, 1.807) is 5.38 Å². The lowest BCUT2D eigenvalue weighted by Crippen LogP contribution is -2.41. The van der Waals surface area contributed by atoms with Crippen molar-refractivity contribution in [1.29, 1.82) is 0 Å². The summed E-state index contributed by atoms with van der Waals surface area (Å²) in [5.41, 5.74) is 2.64. The Labute approximate surface area is 134 Å². The Morgan fingerprint density at radius 3 is 2.91 bits per heavy atom. The predicted molar refractivity (Wildman–Crippen MR) is 87.0 cm³/mol. The highest BCUT2D eigenvalue weighted by molar-refractivity contribution is 7.03. The van der Waals surface area contributed by atoms with Gasteiger partial charge >= 0.3 is 0 Å². The van der Waals surface area contributed by atoms with E-state index in [4.69, 9.17) is 4.74 Å². The highest BCUT2D eigenvalue weighted by Gasteiger charge is 2.30. The molecule has 1 aromatic heterocycles. The molecule has 4 nitrogen and oxygen atoms in total. The van der Waals surface area contributed by atoms with Crippen LogP contribution in [-0.2, 0) is 11.3 Å². The van der Waals surface area contributed by atoms with Crippen molar-refractivity contribution >= 4 is 17.4 Å². The fraction of sp³-hybridized carbons (Fsp3) is 0.412. The lowest BCUT2D eigenvalue weighted by atomic mass is 10.1. The van der Waals surface area contributed by atoms with E-state index in [1.165, 1.54) is 11.5 Å². The number of aryl methyl sites for hydroxylation is 1. The van der Waals surface area contributed by atoms with Crippen LogP contribution in [0.3, 0.4) is 0 Å². The number of ether oxygens (including phenoxy) is 1. The first kappa shape index (κ1) is 15.2. The average Bonchev–Trinajstić information content (AvgIpc) is 3.15. The first-order chi connectivity index (χ1) is 10.7. The van der Waals surface area contributed by atoms with Crippen molar-refractivity contribution in [3.8, 4) is 0 Å². The summed E-state index contributed by atoms with van der Waals surface area (Å²) in [5.74, 6) is -0.0357. The predicted octanol–water partition coefficient (Wildman–Crippen LogP) is 3.32. The molecule has 1 amide bonds.